The maximum atomic E-state index is 13.2. The van der Waals surface area contributed by atoms with Crippen LogP contribution in [-0.2, 0) is 20.8 Å². The Morgan fingerprint density at radius 2 is 1.90 bits per heavy atom. The van der Waals surface area contributed by atoms with E-state index < -0.39 is 23.7 Å². The Morgan fingerprint density at radius 3 is 2.55 bits per heavy atom. The second-order valence-electron chi connectivity index (χ2n) is 5.76. The predicted octanol–water partition coefficient (Wildman–Crippen LogP) is 3.20. The highest BCUT2D eigenvalue weighted by Crippen LogP contribution is 2.21. The molecule has 0 aliphatic rings. The van der Waals surface area contributed by atoms with Gasteiger partial charge in [0.05, 0.1) is 40.6 Å². The molecule has 0 N–H and O–H groups in total. The van der Waals surface area contributed by atoms with Gasteiger partial charge in [-0.05, 0) is 36.4 Å². The molecule has 10 heteroatoms. The van der Waals surface area contributed by atoms with Crippen LogP contribution in [0.25, 0.3) is 10.2 Å². The summed E-state index contributed by atoms with van der Waals surface area (Å²) in [6, 6.07) is 8.09. The van der Waals surface area contributed by atoms with Crippen molar-refractivity contribution in [1.29, 1.82) is 0 Å². The number of hydrogen-bond donors (Lipinski definition) is 0. The number of methoxy groups -OCH3 is 2. The van der Waals surface area contributed by atoms with Crippen molar-refractivity contribution >= 4 is 51.0 Å². The summed E-state index contributed by atoms with van der Waals surface area (Å²) >= 11 is 7.03. The Kier molecular flexibility index (Phi) is 6.09. The Balaban J connectivity index is 2.17. The van der Waals surface area contributed by atoms with Gasteiger partial charge < -0.3 is 14.0 Å². The van der Waals surface area contributed by atoms with E-state index in [1.165, 1.54) is 30.9 Å². The molecule has 1 amide bonds. The number of aromatic nitrogens is 1. The van der Waals surface area contributed by atoms with Gasteiger partial charge in [0.25, 0.3) is 5.91 Å². The Morgan fingerprint density at radius 1 is 1.14 bits per heavy atom. The molecule has 0 aliphatic carbocycles. The van der Waals surface area contributed by atoms with Crippen LogP contribution in [-0.4, -0.2) is 36.6 Å². The number of nitrogens with zero attached hydrogens (tertiary/aromatic N) is 2. The molecule has 3 rings (SSSR count). The second kappa shape index (κ2) is 8.54. The van der Waals surface area contributed by atoms with Crippen molar-refractivity contribution in [3.63, 3.8) is 0 Å². The summed E-state index contributed by atoms with van der Waals surface area (Å²) in [5.74, 6) is -2.35. The third-order valence-electron chi connectivity index (χ3n) is 3.98. The molecule has 0 saturated carbocycles. The lowest BCUT2D eigenvalue weighted by Crippen LogP contribution is -2.22. The van der Waals surface area contributed by atoms with Crippen molar-refractivity contribution < 1.29 is 28.2 Å². The molecule has 2 aromatic carbocycles. The van der Waals surface area contributed by atoms with Crippen LogP contribution >= 0.6 is 22.9 Å². The van der Waals surface area contributed by atoms with E-state index in [1.807, 2.05) is 0 Å². The van der Waals surface area contributed by atoms with Crippen molar-refractivity contribution in [3.8, 4) is 0 Å². The predicted molar refractivity (Wildman–Crippen MR) is 104 cm³/mol. The normalized spacial score (nSPS) is 11.5. The topological polar surface area (TPSA) is 87.0 Å². The average molecular weight is 437 g/mol. The quantitative estimate of drug-likeness (QED) is 0.586. The third-order valence-corrected chi connectivity index (χ3v) is 5.33. The van der Waals surface area contributed by atoms with E-state index in [9.17, 15) is 18.8 Å². The minimum absolute atomic E-state index is 0.0189. The molecule has 1 heterocycles. The molecule has 3 aromatic rings. The SMILES string of the molecule is COC(=O)Cn1c(=NC(=O)c2ccc(F)cc2Cl)sc2cc(C(=O)OC)ccc21. The molecule has 0 unspecified atom stereocenters. The molecule has 0 bridgehead atoms. The van der Waals surface area contributed by atoms with Crippen molar-refractivity contribution in [2.75, 3.05) is 14.2 Å². The Bertz CT molecular complexity index is 1200. The highest BCUT2D eigenvalue weighted by Gasteiger charge is 2.16. The number of amides is 1. The van der Waals surface area contributed by atoms with Gasteiger partial charge >= 0.3 is 11.9 Å². The van der Waals surface area contributed by atoms with Gasteiger partial charge in [0, 0.05) is 0 Å². The zero-order chi connectivity index (χ0) is 21.1. The summed E-state index contributed by atoms with van der Waals surface area (Å²) in [4.78, 5) is 40.4. The summed E-state index contributed by atoms with van der Waals surface area (Å²) in [5, 5.41) is -0.0765. The molecule has 1 aromatic heterocycles. The van der Waals surface area contributed by atoms with Crippen LogP contribution in [0.1, 0.15) is 20.7 Å². The minimum atomic E-state index is -0.701. The van der Waals surface area contributed by atoms with Crippen LogP contribution < -0.4 is 4.80 Å². The van der Waals surface area contributed by atoms with Gasteiger partial charge in [-0.1, -0.05) is 22.9 Å². The van der Waals surface area contributed by atoms with E-state index in [0.29, 0.717) is 15.8 Å². The first-order valence-corrected chi connectivity index (χ1v) is 9.36. The van der Waals surface area contributed by atoms with Crippen molar-refractivity contribution in [2.45, 2.75) is 6.54 Å². The average Bonchev–Trinajstić information content (AvgIpc) is 3.03. The van der Waals surface area contributed by atoms with Gasteiger partial charge in [0.15, 0.2) is 4.80 Å². The molecule has 150 valence electrons. The van der Waals surface area contributed by atoms with Gasteiger partial charge in [-0.25, -0.2) is 9.18 Å². The van der Waals surface area contributed by atoms with Gasteiger partial charge in [-0.15, -0.1) is 0 Å². The largest absolute Gasteiger partial charge is 0.468 e. The number of hydrogen-bond acceptors (Lipinski definition) is 6. The van der Waals surface area contributed by atoms with Crippen LogP contribution in [0, 0.1) is 5.82 Å². The first-order chi connectivity index (χ1) is 13.8. The smallest absolute Gasteiger partial charge is 0.337 e. The zero-order valence-electron chi connectivity index (χ0n) is 15.3. The van der Waals surface area contributed by atoms with E-state index in [-0.39, 0.29) is 21.9 Å². The fraction of sp³-hybridized carbons (Fsp3) is 0.158. The van der Waals surface area contributed by atoms with E-state index >= 15 is 0 Å². The van der Waals surface area contributed by atoms with Gasteiger partial charge in [0.1, 0.15) is 12.4 Å². The van der Waals surface area contributed by atoms with Gasteiger partial charge in [-0.2, -0.15) is 4.99 Å². The molecular formula is C19H14ClFN2O5S. The fourth-order valence-electron chi connectivity index (χ4n) is 2.56. The van der Waals surface area contributed by atoms with Crippen LogP contribution in [0.15, 0.2) is 41.4 Å². The number of thiazole rings is 1. The lowest BCUT2D eigenvalue weighted by molar-refractivity contribution is -0.141. The summed E-state index contributed by atoms with van der Waals surface area (Å²) in [5.41, 5.74) is 0.904. The summed E-state index contributed by atoms with van der Waals surface area (Å²) in [7, 11) is 2.51. The Labute approximate surface area is 173 Å². The molecule has 0 radical (unpaired) electrons. The number of carbonyl (C=O) groups is 3. The van der Waals surface area contributed by atoms with Crippen molar-refractivity contribution in [2.24, 2.45) is 4.99 Å². The molecule has 0 aliphatic heterocycles. The third kappa shape index (κ3) is 4.36. The van der Waals surface area contributed by atoms with Crippen LogP contribution in [0.5, 0.6) is 0 Å². The van der Waals surface area contributed by atoms with Gasteiger partial charge in [0.2, 0.25) is 0 Å². The van der Waals surface area contributed by atoms with E-state index in [0.717, 1.165) is 23.5 Å². The monoisotopic (exact) mass is 436 g/mol. The maximum absolute atomic E-state index is 13.2. The first kappa shape index (κ1) is 20.7. The second-order valence-corrected chi connectivity index (χ2v) is 7.18. The number of esters is 2. The number of benzene rings is 2. The molecule has 0 atom stereocenters. The Hall–Kier alpha value is -3.04. The fourth-order valence-corrected chi connectivity index (χ4v) is 3.87. The molecule has 0 spiro atoms. The molecule has 7 nitrogen and oxygen atoms in total. The first-order valence-electron chi connectivity index (χ1n) is 8.16. The number of rotatable bonds is 4. The molecule has 0 saturated heterocycles. The van der Waals surface area contributed by atoms with Crippen LogP contribution in [0.2, 0.25) is 5.02 Å². The summed E-state index contributed by atoms with van der Waals surface area (Å²) in [6.45, 7) is -0.197. The van der Waals surface area contributed by atoms with E-state index in [2.05, 4.69) is 4.99 Å². The summed E-state index contributed by atoms with van der Waals surface area (Å²) < 4.78 is 24.8. The maximum Gasteiger partial charge on any atom is 0.337 e. The minimum Gasteiger partial charge on any atom is -0.468 e. The highest BCUT2D eigenvalue weighted by molar-refractivity contribution is 7.16. The standard InChI is InChI=1S/C19H14ClFN2O5S/c1-27-16(24)9-23-14-6-3-10(18(26)28-2)7-15(14)29-19(23)22-17(25)12-5-4-11(21)8-13(12)20/h3-8H,9H2,1-2H3. The number of ether oxygens (including phenoxy) is 2. The zero-order valence-corrected chi connectivity index (χ0v) is 16.8. The van der Waals surface area contributed by atoms with Crippen LogP contribution in [0.3, 0.4) is 0 Å². The van der Waals surface area contributed by atoms with E-state index in [1.54, 1.807) is 12.1 Å². The number of fused-ring (bicyclic) bond motifs is 1. The van der Waals surface area contributed by atoms with Crippen molar-refractivity contribution in [1.82, 2.24) is 4.57 Å². The molecular weight excluding hydrogens is 423 g/mol. The van der Waals surface area contributed by atoms with Gasteiger partial charge in [-0.3, -0.25) is 9.59 Å². The number of halogens is 2. The van der Waals surface area contributed by atoms with Crippen LogP contribution in [0.4, 0.5) is 4.39 Å². The number of carbonyl (C=O) groups excluding carboxylic acids is 3. The molecule has 0 fully saturated rings. The lowest BCUT2D eigenvalue weighted by atomic mass is 10.2. The lowest BCUT2D eigenvalue weighted by Gasteiger charge is -2.04. The highest BCUT2D eigenvalue weighted by atomic mass is 35.5. The summed E-state index contributed by atoms with van der Waals surface area (Å²) in [6.07, 6.45) is 0. The molecule has 29 heavy (non-hydrogen) atoms. The van der Waals surface area contributed by atoms with E-state index in [4.69, 9.17) is 21.1 Å². The van der Waals surface area contributed by atoms with Crippen molar-refractivity contribution in [3.05, 3.63) is 63.2 Å².